The fraction of sp³-hybridized carbons (Fsp3) is 0.524. The van der Waals surface area contributed by atoms with Crippen LogP contribution >= 0.6 is 0 Å². The second kappa shape index (κ2) is 11.2. The largest absolute Gasteiger partial charge is 0.355 e. The molecule has 27 heavy (non-hydrogen) atoms. The van der Waals surface area contributed by atoms with Gasteiger partial charge in [0.15, 0.2) is 5.96 Å². The maximum Gasteiger partial charge on any atom is 0.243 e. The molecule has 0 spiro atoms. The van der Waals surface area contributed by atoms with Gasteiger partial charge in [0.25, 0.3) is 0 Å². The van der Waals surface area contributed by atoms with E-state index in [1.54, 1.807) is 13.1 Å². The first-order valence-corrected chi connectivity index (χ1v) is 9.71. The maximum absolute atomic E-state index is 12.1. The summed E-state index contributed by atoms with van der Waals surface area (Å²) >= 11 is 0. The molecule has 1 aliphatic rings. The zero-order chi connectivity index (χ0) is 19.5. The summed E-state index contributed by atoms with van der Waals surface area (Å²) in [5.74, 6) is 3.05. The molecule has 1 saturated heterocycles. The number of benzene rings is 1. The first kappa shape index (κ1) is 20.8. The highest BCUT2D eigenvalue weighted by Gasteiger charge is 2.19. The van der Waals surface area contributed by atoms with Gasteiger partial charge < -0.3 is 16.0 Å². The second-order valence-corrected chi connectivity index (χ2v) is 6.72. The number of hydrogen-bond donors (Lipinski definition) is 3. The van der Waals surface area contributed by atoms with Crippen LogP contribution in [0.4, 0.5) is 5.69 Å². The highest BCUT2D eigenvalue weighted by Crippen LogP contribution is 2.18. The number of hydrogen-bond acceptors (Lipinski definition) is 3. The van der Waals surface area contributed by atoms with Gasteiger partial charge in [-0.15, -0.1) is 6.42 Å². The van der Waals surface area contributed by atoms with E-state index in [4.69, 9.17) is 6.42 Å². The standard InChI is InChI=1S/C21H31N5O/c1-4-17-9-8-10-18(15-17)25-20(27)16-24-21(22-3)23-12-14-26-13-7-6-11-19(26)5-2/h1,8-10,15,19H,5-7,11-14,16H2,2-3H3,(H,25,27)(H2,22,23,24). The third kappa shape index (κ3) is 6.95. The molecule has 3 N–H and O–H groups in total. The van der Waals surface area contributed by atoms with Crippen molar-refractivity contribution in [2.75, 3.05) is 38.5 Å². The molecule has 6 heteroatoms. The van der Waals surface area contributed by atoms with Crippen molar-refractivity contribution in [1.29, 1.82) is 0 Å². The summed E-state index contributed by atoms with van der Waals surface area (Å²) < 4.78 is 0. The van der Waals surface area contributed by atoms with Crippen LogP contribution in [0.15, 0.2) is 29.3 Å². The van der Waals surface area contributed by atoms with Crippen molar-refractivity contribution in [2.45, 2.75) is 38.6 Å². The molecule has 1 heterocycles. The summed E-state index contributed by atoms with van der Waals surface area (Å²) in [5.41, 5.74) is 1.43. The van der Waals surface area contributed by atoms with Crippen LogP contribution in [0, 0.1) is 12.3 Å². The first-order valence-electron chi connectivity index (χ1n) is 9.71. The lowest BCUT2D eigenvalue weighted by Gasteiger charge is -2.35. The topological polar surface area (TPSA) is 68.8 Å². The fourth-order valence-corrected chi connectivity index (χ4v) is 3.41. The zero-order valence-corrected chi connectivity index (χ0v) is 16.4. The van der Waals surface area contributed by atoms with Gasteiger partial charge in [0, 0.05) is 37.4 Å². The average molecular weight is 370 g/mol. The van der Waals surface area contributed by atoms with Crippen LogP contribution in [-0.4, -0.2) is 56.0 Å². The number of amides is 1. The van der Waals surface area contributed by atoms with Crippen molar-refractivity contribution >= 4 is 17.6 Å². The Morgan fingerprint density at radius 1 is 1.37 bits per heavy atom. The quantitative estimate of drug-likeness (QED) is 0.391. The Labute approximate surface area is 162 Å². The number of anilines is 1. The molecule has 1 unspecified atom stereocenters. The molecule has 1 aromatic carbocycles. The van der Waals surface area contributed by atoms with Crippen molar-refractivity contribution in [1.82, 2.24) is 15.5 Å². The number of nitrogens with zero attached hydrogens (tertiary/aromatic N) is 2. The molecule has 1 aliphatic heterocycles. The van der Waals surface area contributed by atoms with Crippen molar-refractivity contribution in [2.24, 2.45) is 4.99 Å². The highest BCUT2D eigenvalue weighted by atomic mass is 16.1. The third-order valence-electron chi connectivity index (χ3n) is 4.86. The number of terminal acetylenes is 1. The minimum Gasteiger partial charge on any atom is -0.355 e. The molecule has 0 aliphatic carbocycles. The normalized spacial score (nSPS) is 17.8. The van der Waals surface area contributed by atoms with Crippen LogP contribution in [0.25, 0.3) is 0 Å². The third-order valence-corrected chi connectivity index (χ3v) is 4.86. The number of aliphatic imine (C=N–C) groups is 1. The molecule has 0 bridgehead atoms. The Kier molecular flexibility index (Phi) is 8.66. The summed E-state index contributed by atoms with van der Waals surface area (Å²) in [4.78, 5) is 18.9. The SMILES string of the molecule is C#Cc1cccc(NC(=O)CNC(=NC)NCCN2CCCCC2CC)c1. The first-order chi connectivity index (χ1) is 13.2. The number of carbonyl (C=O) groups excluding carboxylic acids is 1. The van der Waals surface area contributed by atoms with Crippen LogP contribution in [0.5, 0.6) is 0 Å². The van der Waals surface area contributed by atoms with Crippen molar-refractivity contribution in [3.8, 4) is 12.3 Å². The second-order valence-electron chi connectivity index (χ2n) is 6.72. The molecule has 146 valence electrons. The fourth-order valence-electron chi connectivity index (χ4n) is 3.41. The van der Waals surface area contributed by atoms with E-state index < -0.39 is 0 Å². The molecule has 6 nitrogen and oxygen atoms in total. The Morgan fingerprint density at radius 2 is 2.22 bits per heavy atom. The number of carbonyl (C=O) groups is 1. The number of nitrogens with one attached hydrogen (secondary N) is 3. The van der Waals surface area contributed by atoms with E-state index in [1.165, 1.54) is 32.2 Å². The molecular weight excluding hydrogens is 338 g/mol. The zero-order valence-electron chi connectivity index (χ0n) is 16.4. The molecule has 2 rings (SSSR count). The minimum absolute atomic E-state index is 0.140. The Bertz CT molecular complexity index is 679. The van der Waals surface area contributed by atoms with E-state index >= 15 is 0 Å². The van der Waals surface area contributed by atoms with Crippen LogP contribution in [-0.2, 0) is 4.79 Å². The number of guanidine groups is 1. The van der Waals surface area contributed by atoms with Crippen molar-refractivity contribution in [3.05, 3.63) is 29.8 Å². The van der Waals surface area contributed by atoms with Gasteiger partial charge in [-0.25, -0.2) is 0 Å². The van der Waals surface area contributed by atoms with Crippen LogP contribution in [0.3, 0.4) is 0 Å². The molecule has 0 aromatic heterocycles. The van der Waals surface area contributed by atoms with Crippen molar-refractivity contribution in [3.63, 3.8) is 0 Å². The molecule has 1 amide bonds. The van der Waals surface area contributed by atoms with E-state index in [-0.39, 0.29) is 12.5 Å². The Hall–Kier alpha value is -2.52. The van der Waals surface area contributed by atoms with Gasteiger partial charge in [-0.2, -0.15) is 0 Å². The Morgan fingerprint density at radius 3 is 2.96 bits per heavy atom. The van der Waals surface area contributed by atoms with E-state index in [2.05, 4.69) is 38.7 Å². The van der Waals surface area contributed by atoms with Crippen LogP contribution < -0.4 is 16.0 Å². The van der Waals surface area contributed by atoms with Gasteiger partial charge in [-0.1, -0.05) is 25.3 Å². The molecule has 0 saturated carbocycles. The lowest BCUT2D eigenvalue weighted by atomic mass is 10.0. The predicted octanol–water partition coefficient (Wildman–Crippen LogP) is 2.04. The monoisotopic (exact) mass is 369 g/mol. The van der Waals surface area contributed by atoms with Gasteiger partial charge in [0.1, 0.15) is 0 Å². The van der Waals surface area contributed by atoms with Gasteiger partial charge >= 0.3 is 0 Å². The molecule has 1 atom stereocenters. The highest BCUT2D eigenvalue weighted by molar-refractivity contribution is 5.95. The summed E-state index contributed by atoms with van der Waals surface area (Å²) in [6.45, 7) is 5.37. The molecule has 1 fully saturated rings. The summed E-state index contributed by atoms with van der Waals surface area (Å²) in [5, 5.41) is 9.17. The predicted molar refractivity (Wildman–Crippen MR) is 112 cm³/mol. The number of piperidine rings is 1. The lowest BCUT2D eigenvalue weighted by molar-refractivity contribution is -0.115. The van der Waals surface area contributed by atoms with E-state index in [0.717, 1.165) is 18.7 Å². The van der Waals surface area contributed by atoms with Crippen LogP contribution in [0.2, 0.25) is 0 Å². The summed E-state index contributed by atoms with van der Waals surface area (Å²) in [6, 6.07) is 7.93. The molecule has 0 radical (unpaired) electrons. The van der Waals surface area contributed by atoms with E-state index in [0.29, 0.717) is 17.7 Å². The minimum atomic E-state index is -0.144. The van der Waals surface area contributed by atoms with Crippen LogP contribution in [0.1, 0.15) is 38.2 Å². The number of likely N-dealkylation sites (tertiary alicyclic amines) is 1. The van der Waals surface area contributed by atoms with Gasteiger partial charge in [0.05, 0.1) is 6.54 Å². The average Bonchev–Trinajstić information content (AvgIpc) is 2.71. The summed E-state index contributed by atoms with van der Waals surface area (Å²) in [6.07, 6.45) is 10.5. The molecule has 1 aromatic rings. The van der Waals surface area contributed by atoms with Gasteiger partial charge in [-0.3, -0.25) is 14.7 Å². The van der Waals surface area contributed by atoms with E-state index in [9.17, 15) is 4.79 Å². The molecular formula is C21H31N5O. The number of rotatable bonds is 7. The Balaban J connectivity index is 1.71. The van der Waals surface area contributed by atoms with E-state index in [1.807, 2.05) is 18.2 Å². The lowest BCUT2D eigenvalue weighted by Crippen LogP contribution is -2.47. The van der Waals surface area contributed by atoms with Crippen molar-refractivity contribution < 1.29 is 4.79 Å². The van der Waals surface area contributed by atoms with Gasteiger partial charge in [0.2, 0.25) is 5.91 Å². The smallest absolute Gasteiger partial charge is 0.243 e. The summed E-state index contributed by atoms with van der Waals surface area (Å²) in [7, 11) is 1.71. The van der Waals surface area contributed by atoms with Gasteiger partial charge in [-0.05, 0) is 44.0 Å². The maximum atomic E-state index is 12.1.